The Morgan fingerprint density at radius 2 is 1.90 bits per heavy atom. The number of benzene rings is 2. The maximum atomic E-state index is 13.3. The lowest BCUT2D eigenvalue weighted by molar-refractivity contribution is 0.0747. The first-order valence-electron chi connectivity index (χ1n) is 10.6. The Morgan fingerprint density at radius 1 is 1.17 bits per heavy atom. The molecule has 0 spiro atoms. The van der Waals surface area contributed by atoms with Crippen LogP contribution in [0.3, 0.4) is 0 Å². The average molecular weight is 447 g/mol. The largest absolute Gasteiger partial charge is 0.338 e. The lowest BCUT2D eigenvalue weighted by Gasteiger charge is -2.28. The molecule has 1 aliphatic carbocycles. The maximum absolute atomic E-state index is 13.3. The molecule has 160 valence electrons. The number of carbonyl (C=O) groups excluding carboxylic acids is 1. The second-order valence-electron chi connectivity index (χ2n) is 8.19. The number of hydrogen-bond donors (Lipinski definition) is 0. The summed E-state index contributed by atoms with van der Waals surface area (Å²) in [5.74, 6) is 0.370. The summed E-state index contributed by atoms with van der Waals surface area (Å²) in [6.45, 7) is 4.15. The SMILES string of the molecule is CCCN(CC1CC1)C(=O)c1cc(S(=O)(=O)N2CCc3ccccc3C2)ccc1Cl. The molecule has 30 heavy (non-hydrogen) atoms. The molecule has 2 aromatic rings. The Bertz CT molecular complexity index is 1050. The van der Waals surface area contributed by atoms with Crippen LogP contribution in [0.15, 0.2) is 47.4 Å². The molecule has 0 atom stereocenters. The summed E-state index contributed by atoms with van der Waals surface area (Å²) in [6, 6.07) is 12.4. The first-order valence-corrected chi connectivity index (χ1v) is 12.4. The monoisotopic (exact) mass is 446 g/mol. The highest BCUT2D eigenvalue weighted by Crippen LogP contribution is 2.32. The van der Waals surface area contributed by atoms with Crippen LogP contribution in [0.25, 0.3) is 0 Å². The van der Waals surface area contributed by atoms with E-state index in [0.717, 1.165) is 24.8 Å². The van der Waals surface area contributed by atoms with Crippen molar-refractivity contribution >= 4 is 27.5 Å². The van der Waals surface area contributed by atoms with Crippen molar-refractivity contribution < 1.29 is 13.2 Å². The minimum absolute atomic E-state index is 0.123. The van der Waals surface area contributed by atoms with E-state index in [1.165, 1.54) is 28.1 Å². The molecule has 0 N–H and O–H groups in total. The first-order chi connectivity index (χ1) is 14.4. The highest BCUT2D eigenvalue weighted by molar-refractivity contribution is 7.89. The molecule has 0 unspecified atom stereocenters. The minimum Gasteiger partial charge on any atom is -0.338 e. The van der Waals surface area contributed by atoms with Crippen molar-refractivity contribution in [1.29, 1.82) is 0 Å². The molecular weight excluding hydrogens is 420 g/mol. The van der Waals surface area contributed by atoms with E-state index < -0.39 is 10.0 Å². The number of halogens is 1. The van der Waals surface area contributed by atoms with Gasteiger partial charge in [0.2, 0.25) is 10.0 Å². The van der Waals surface area contributed by atoms with Crippen molar-refractivity contribution in [2.45, 2.75) is 44.0 Å². The topological polar surface area (TPSA) is 57.7 Å². The highest BCUT2D eigenvalue weighted by atomic mass is 35.5. The third-order valence-corrected chi connectivity index (χ3v) is 8.03. The number of nitrogens with zero attached hydrogens (tertiary/aromatic N) is 2. The molecule has 4 rings (SSSR count). The lowest BCUT2D eigenvalue weighted by Crippen LogP contribution is -2.36. The maximum Gasteiger partial charge on any atom is 0.255 e. The van der Waals surface area contributed by atoms with Gasteiger partial charge in [0.25, 0.3) is 5.91 Å². The molecular formula is C23H27ClN2O3S. The summed E-state index contributed by atoms with van der Waals surface area (Å²) in [5, 5.41) is 0.292. The van der Waals surface area contributed by atoms with Gasteiger partial charge >= 0.3 is 0 Å². The quantitative estimate of drug-likeness (QED) is 0.635. The third kappa shape index (κ3) is 4.41. The van der Waals surface area contributed by atoms with Crippen molar-refractivity contribution in [2.24, 2.45) is 5.92 Å². The van der Waals surface area contributed by atoms with Gasteiger partial charge in [0.1, 0.15) is 0 Å². The number of carbonyl (C=O) groups is 1. The van der Waals surface area contributed by atoms with Gasteiger partial charge in [-0.1, -0.05) is 42.8 Å². The Hall–Kier alpha value is -1.89. The normalized spacial score (nSPS) is 16.9. The molecule has 0 saturated heterocycles. The summed E-state index contributed by atoms with van der Waals surface area (Å²) in [4.78, 5) is 15.1. The van der Waals surface area contributed by atoms with Crippen molar-refractivity contribution in [1.82, 2.24) is 9.21 Å². The predicted molar refractivity (Wildman–Crippen MR) is 118 cm³/mol. The van der Waals surface area contributed by atoms with Gasteiger partial charge in [-0.05, 0) is 60.9 Å². The van der Waals surface area contributed by atoms with E-state index in [0.29, 0.717) is 43.5 Å². The number of sulfonamides is 1. The molecule has 0 bridgehead atoms. The molecule has 7 heteroatoms. The Kier molecular flexibility index (Phi) is 6.19. The van der Waals surface area contributed by atoms with Crippen molar-refractivity contribution in [3.8, 4) is 0 Å². The van der Waals surface area contributed by atoms with E-state index >= 15 is 0 Å². The highest BCUT2D eigenvalue weighted by Gasteiger charge is 2.31. The number of fused-ring (bicyclic) bond motifs is 1. The van der Waals surface area contributed by atoms with Crippen LogP contribution in [0.5, 0.6) is 0 Å². The molecule has 2 aliphatic rings. The zero-order valence-corrected chi connectivity index (χ0v) is 18.8. The second-order valence-corrected chi connectivity index (χ2v) is 10.5. The fourth-order valence-corrected chi connectivity index (χ4v) is 5.62. The number of hydrogen-bond acceptors (Lipinski definition) is 3. The van der Waals surface area contributed by atoms with Crippen molar-refractivity contribution in [2.75, 3.05) is 19.6 Å². The summed E-state index contributed by atoms with van der Waals surface area (Å²) in [7, 11) is -3.72. The van der Waals surface area contributed by atoms with E-state index in [1.807, 2.05) is 36.1 Å². The van der Waals surface area contributed by atoms with E-state index in [1.54, 1.807) is 0 Å². The lowest BCUT2D eigenvalue weighted by atomic mass is 10.0. The van der Waals surface area contributed by atoms with Crippen LogP contribution in [0, 0.1) is 5.92 Å². The Morgan fingerprint density at radius 3 is 2.60 bits per heavy atom. The molecule has 1 amide bonds. The van der Waals surface area contributed by atoms with E-state index in [2.05, 4.69) is 0 Å². The van der Waals surface area contributed by atoms with E-state index in [4.69, 9.17) is 11.6 Å². The molecule has 2 aromatic carbocycles. The van der Waals surface area contributed by atoms with Gasteiger partial charge in [-0.15, -0.1) is 0 Å². The fraction of sp³-hybridized carbons (Fsp3) is 0.435. The smallest absolute Gasteiger partial charge is 0.255 e. The number of rotatable bonds is 7. The third-order valence-electron chi connectivity index (χ3n) is 5.86. The molecule has 0 aromatic heterocycles. The summed E-state index contributed by atoms with van der Waals surface area (Å²) in [6.07, 6.45) is 3.82. The van der Waals surface area contributed by atoms with Crippen LogP contribution in [-0.2, 0) is 23.0 Å². The van der Waals surface area contributed by atoms with Crippen LogP contribution in [0.4, 0.5) is 0 Å². The van der Waals surface area contributed by atoms with Gasteiger partial charge in [0.15, 0.2) is 0 Å². The van der Waals surface area contributed by atoms with Crippen LogP contribution in [0.1, 0.15) is 47.7 Å². The van der Waals surface area contributed by atoms with Crippen molar-refractivity contribution in [3.63, 3.8) is 0 Å². The Balaban J connectivity index is 1.61. The zero-order chi connectivity index (χ0) is 21.3. The molecule has 5 nitrogen and oxygen atoms in total. The van der Waals surface area contributed by atoms with Gasteiger partial charge in [-0.25, -0.2) is 8.42 Å². The molecule has 1 aliphatic heterocycles. The van der Waals surface area contributed by atoms with E-state index in [9.17, 15) is 13.2 Å². The summed E-state index contributed by atoms with van der Waals surface area (Å²) < 4.78 is 28.1. The zero-order valence-electron chi connectivity index (χ0n) is 17.2. The van der Waals surface area contributed by atoms with Gasteiger partial charge in [-0.2, -0.15) is 4.31 Å². The van der Waals surface area contributed by atoms with Crippen LogP contribution in [0.2, 0.25) is 5.02 Å². The molecule has 0 radical (unpaired) electrons. The molecule has 1 saturated carbocycles. The minimum atomic E-state index is -3.72. The van der Waals surface area contributed by atoms with Gasteiger partial charge in [0.05, 0.1) is 15.5 Å². The van der Waals surface area contributed by atoms with Crippen LogP contribution >= 0.6 is 11.6 Å². The standard InChI is InChI=1S/C23H27ClN2O3S/c1-2-12-25(15-17-7-8-17)23(27)21-14-20(9-10-22(21)24)30(28,29)26-13-11-18-5-3-4-6-19(18)16-26/h3-6,9-10,14,17H,2,7-8,11-13,15-16H2,1H3. The molecule has 1 heterocycles. The molecule has 1 fully saturated rings. The van der Waals surface area contributed by atoms with Gasteiger partial charge < -0.3 is 4.90 Å². The van der Waals surface area contributed by atoms with Crippen LogP contribution < -0.4 is 0 Å². The van der Waals surface area contributed by atoms with Crippen LogP contribution in [-0.4, -0.2) is 43.2 Å². The first kappa shape index (κ1) is 21.3. The predicted octanol–water partition coefficient (Wildman–Crippen LogP) is 4.35. The fourth-order valence-electron chi connectivity index (χ4n) is 3.98. The van der Waals surface area contributed by atoms with Crippen molar-refractivity contribution in [3.05, 3.63) is 64.2 Å². The summed E-state index contributed by atoms with van der Waals surface area (Å²) >= 11 is 6.33. The Labute approximate surface area is 183 Å². The second kappa shape index (κ2) is 8.69. The van der Waals surface area contributed by atoms with Gasteiger partial charge in [0, 0.05) is 26.2 Å². The number of amides is 1. The average Bonchev–Trinajstić information content (AvgIpc) is 3.57. The summed E-state index contributed by atoms with van der Waals surface area (Å²) in [5.41, 5.74) is 2.48. The van der Waals surface area contributed by atoms with Gasteiger partial charge in [-0.3, -0.25) is 4.79 Å². The van der Waals surface area contributed by atoms with E-state index in [-0.39, 0.29) is 16.4 Å².